The van der Waals surface area contributed by atoms with E-state index in [2.05, 4.69) is 4.98 Å². The molecule has 0 unspecified atom stereocenters. The van der Waals surface area contributed by atoms with Crippen molar-refractivity contribution in [1.29, 1.82) is 0 Å². The van der Waals surface area contributed by atoms with Gasteiger partial charge in [-0.05, 0) is 12.1 Å². The molecule has 1 heterocycles. The van der Waals surface area contributed by atoms with Gasteiger partial charge in [0.1, 0.15) is 0 Å². The summed E-state index contributed by atoms with van der Waals surface area (Å²) >= 11 is 0. The molecule has 0 bridgehead atoms. The van der Waals surface area contributed by atoms with Crippen LogP contribution in [0, 0.1) is 0 Å². The van der Waals surface area contributed by atoms with Gasteiger partial charge in [0.2, 0.25) is 0 Å². The summed E-state index contributed by atoms with van der Waals surface area (Å²) in [5, 5.41) is 0. The van der Waals surface area contributed by atoms with E-state index in [9.17, 15) is 0 Å². The van der Waals surface area contributed by atoms with Crippen molar-refractivity contribution in [3.63, 3.8) is 0 Å². The van der Waals surface area contributed by atoms with Crippen molar-refractivity contribution in [2.45, 2.75) is 0 Å². The first-order valence-electron chi connectivity index (χ1n) is 1.58. The van der Waals surface area contributed by atoms with Crippen LogP contribution in [0.4, 0.5) is 0 Å². The van der Waals surface area contributed by atoms with E-state index < -0.39 is 0 Å². The van der Waals surface area contributed by atoms with E-state index >= 15 is 0 Å². The molecular formula is C4H5NRh. The minimum absolute atomic E-state index is 0. The molecule has 1 rings (SSSR count). The van der Waals surface area contributed by atoms with Gasteiger partial charge in [0, 0.05) is 31.9 Å². The Balaban J connectivity index is 0.000000250. The van der Waals surface area contributed by atoms with Crippen molar-refractivity contribution in [2.24, 2.45) is 0 Å². The maximum absolute atomic E-state index is 2.86. The average Bonchev–Trinajstić information content (AvgIpc) is 1.76. The van der Waals surface area contributed by atoms with Gasteiger partial charge in [0.15, 0.2) is 0 Å². The van der Waals surface area contributed by atoms with Crippen LogP contribution in [0.3, 0.4) is 0 Å². The third-order valence-electron chi connectivity index (χ3n) is 0.496. The van der Waals surface area contributed by atoms with E-state index in [0.717, 1.165) is 0 Å². The van der Waals surface area contributed by atoms with E-state index in [4.69, 9.17) is 0 Å². The summed E-state index contributed by atoms with van der Waals surface area (Å²) in [4.78, 5) is 2.86. The number of H-pyrrole nitrogens is 1. The number of hydrogen-bond donors (Lipinski definition) is 1. The predicted octanol–water partition coefficient (Wildman–Crippen LogP) is 1.01. The smallest absolute Gasteiger partial charge is 0.000496 e. The zero-order valence-corrected chi connectivity index (χ0v) is 4.78. The Morgan fingerprint density at radius 3 is 1.67 bits per heavy atom. The molecule has 0 aliphatic carbocycles. The van der Waals surface area contributed by atoms with Crippen LogP contribution in [-0.4, -0.2) is 4.98 Å². The summed E-state index contributed by atoms with van der Waals surface area (Å²) in [6, 6.07) is 3.89. The van der Waals surface area contributed by atoms with Crippen molar-refractivity contribution < 1.29 is 19.5 Å². The minimum atomic E-state index is 0. The van der Waals surface area contributed by atoms with Crippen LogP contribution in [0.25, 0.3) is 0 Å². The molecule has 0 aliphatic heterocycles. The van der Waals surface area contributed by atoms with Gasteiger partial charge in [-0.25, -0.2) is 0 Å². The fraction of sp³-hybridized carbons (Fsp3) is 0. The first-order valence-corrected chi connectivity index (χ1v) is 1.58. The molecule has 2 heteroatoms. The fourth-order valence-electron chi connectivity index (χ4n) is 0.278. The Labute approximate surface area is 49.5 Å². The fourth-order valence-corrected chi connectivity index (χ4v) is 0.278. The molecule has 0 aliphatic rings. The van der Waals surface area contributed by atoms with E-state index in [0.29, 0.717) is 0 Å². The van der Waals surface area contributed by atoms with Crippen molar-refractivity contribution in [1.82, 2.24) is 4.98 Å². The molecule has 6 heavy (non-hydrogen) atoms. The molecule has 1 aromatic rings. The first-order chi connectivity index (χ1) is 2.50. The van der Waals surface area contributed by atoms with Gasteiger partial charge in [-0.15, -0.1) is 0 Å². The van der Waals surface area contributed by atoms with E-state index in [1.54, 1.807) is 0 Å². The summed E-state index contributed by atoms with van der Waals surface area (Å²) in [6.07, 6.45) is 3.75. The van der Waals surface area contributed by atoms with Gasteiger partial charge in [-0.3, -0.25) is 0 Å². The van der Waals surface area contributed by atoms with Crippen LogP contribution >= 0.6 is 0 Å². The second-order valence-corrected chi connectivity index (χ2v) is 0.885. The molecule has 35 valence electrons. The second-order valence-electron chi connectivity index (χ2n) is 0.885. The van der Waals surface area contributed by atoms with E-state index in [1.165, 1.54) is 0 Å². The van der Waals surface area contributed by atoms with Gasteiger partial charge >= 0.3 is 0 Å². The second kappa shape index (κ2) is 3.11. The van der Waals surface area contributed by atoms with Gasteiger partial charge in [-0.1, -0.05) is 0 Å². The number of rotatable bonds is 0. The van der Waals surface area contributed by atoms with Crippen molar-refractivity contribution in [3.05, 3.63) is 24.5 Å². The SMILES string of the molecule is [Rh].c1cc[nH]c1. The van der Waals surface area contributed by atoms with Crippen LogP contribution in [0.5, 0.6) is 0 Å². The standard InChI is InChI=1S/C4H5N.Rh/c1-2-4-5-3-1;/h1-5H;. The Morgan fingerprint density at radius 1 is 1.00 bits per heavy atom. The van der Waals surface area contributed by atoms with E-state index in [-0.39, 0.29) is 19.5 Å². The first kappa shape index (κ1) is 5.90. The van der Waals surface area contributed by atoms with Crippen LogP contribution < -0.4 is 0 Å². The summed E-state index contributed by atoms with van der Waals surface area (Å²) < 4.78 is 0. The molecule has 1 radical (unpaired) electrons. The summed E-state index contributed by atoms with van der Waals surface area (Å²) in [5.41, 5.74) is 0. The molecular weight excluding hydrogens is 165 g/mol. The molecule has 0 amide bonds. The monoisotopic (exact) mass is 170 g/mol. The summed E-state index contributed by atoms with van der Waals surface area (Å²) in [6.45, 7) is 0. The van der Waals surface area contributed by atoms with Crippen LogP contribution in [0.2, 0.25) is 0 Å². The van der Waals surface area contributed by atoms with Crippen molar-refractivity contribution in [3.8, 4) is 0 Å². The zero-order chi connectivity index (χ0) is 3.54. The molecule has 0 aromatic carbocycles. The molecule has 0 atom stereocenters. The van der Waals surface area contributed by atoms with E-state index in [1.807, 2.05) is 24.5 Å². The number of nitrogens with one attached hydrogen (secondary N) is 1. The van der Waals surface area contributed by atoms with Gasteiger partial charge < -0.3 is 4.98 Å². The third kappa shape index (κ3) is 1.37. The van der Waals surface area contributed by atoms with Crippen molar-refractivity contribution >= 4 is 0 Å². The van der Waals surface area contributed by atoms with Crippen LogP contribution in [0.1, 0.15) is 0 Å². The number of aromatic amines is 1. The molecule has 0 saturated heterocycles. The predicted molar refractivity (Wildman–Crippen MR) is 20.8 cm³/mol. The Bertz CT molecular complexity index is 64.0. The van der Waals surface area contributed by atoms with Gasteiger partial charge in [0.05, 0.1) is 0 Å². The summed E-state index contributed by atoms with van der Waals surface area (Å²) in [5.74, 6) is 0. The Hall–Kier alpha value is -0.0966. The van der Waals surface area contributed by atoms with Crippen LogP contribution in [-0.2, 0) is 19.5 Å². The molecule has 0 fully saturated rings. The van der Waals surface area contributed by atoms with Gasteiger partial charge in [-0.2, -0.15) is 0 Å². The van der Waals surface area contributed by atoms with Gasteiger partial charge in [0.25, 0.3) is 0 Å². The van der Waals surface area contributed by atoms with Crippen molar-refractivity contribution in [2.75, 3.05) is 0 Å². The summed E-state index contributed by atoms with van der Waals surface area (Å²) in [7, 11) is 0. The normalized spacial score (nSPS) is 6.67. The third-order valence-corrected chi connectivity index (χ3v) is 0.496. The molecule has 1 aromatic heterocycles. The molecule has 1 nitrogen and oxygen atoms in total. The maximum atomic E-state index is 2.86. The number of hydrogen-bond acceptors (Lipinski definition) is 0. The Morgan fingerprint density at radius 2 is 1.50 bits per heavy atom. The molecule has 0 saturated carbocycles. The average molecular weight is 170 g/mol. The molecule has 1 N–H and O–H groups in total. The Kier molecular flexibility index (Phi) is 3.06. The van der Waals surface area contributed by atoms with Crippen LogP contribution in [0.15, 0.2) is 24.5 Å². The number of aromatic nitrogens is 1. The minimum Gasteiger partial charge on any atom is -0.368 e. The quantitative estimate of drug-likeness (QED) is 0.559. The molecule has 0 spiro atoms. The maximum Gasteiger partial charge on any atom is 0.000496 e. The topological polar surface area (TPSA) is 15.8 Å². The zero-order valence-electron chi connectivity index (χ0n) is 3.14. The largest absolute Gasteiger partial charge is 0.368 e.